The first kappa shape index (κ1) is 23.0. The molecular weight excluding hydrogens is 354 g/mol. The molecular formula is C22H43N3OS. The van der Waals surface area contributed by atoms with E-state index in [9.17, 15) is 4.79 Å². The first-order valence-electron chi connectivity index (χ1n) is 11.3. The fourth-order valence-electron chi connectivity index (χ4n) is 4.66. The topological polar surface area (TPSA) is 26.8 Å². The molecule has 3 atom stereocenters. The van der Waals surface area contributed by atoms with Crippen LogP contribution in [0.25, 0.3) is 0 Å². The normalized spacial score (nSPS) is 24.0. The third-order valence-electron chi connectivity index (χ3n) is 6.72. The number of piperazine rings is 1. The summed E-state index contributed by atoms with van der Waals surface area (Å²) in [5.41, 5.74) is 0. The molecule has 5 heteroatoms. The fraction of sp³-hybridized carbons (Fsp3) is 0.955. The van der Waals surface area contributed by atoms with Crippen molar-refractivity contribution in [3.05, 3.63) is 0 Å². The molecule has 3 unspecified atom stereocenters. The van der Waals surface area contributed by atoms with Crippen LogP contribution in [-0.2, 0) is 4.79 Å². The average Bonchev–Trinajstić information content (AvgIpc) is 2.66. The minimum absolute atomic E-state index is 0.368. The number of piperidine rings is 1. The fourth-order valence-corrected chi connectivity index (χ4v) is 4.96. The second kappa shape index (κ2) is 11.7. The van der Waals surface area contributed by atoms with Crippen LogP contribution in [0.4, 0.5) is 0 Å². The van der Waals surface area contributed by atoms with Crippen LogP contribution < -0.4 is 0 Å². The van der Waals surface area contributed by atoms with Gasteiger partial charge in [0.1, 0.15) is 0 Å². The smallest absolute Gasteiger partial charge is 0.222 e. The van der Waals surface area contributed by atoms with E-state index in [4.69, 9.17) is 0 Å². The lowest BCUT2D eigenvalue weighted by molar-refractivity contribution is -0.133. The van der Waals surface area contributed by atoms with Crippen molar-refractivity contribution in [3.8, 4) is 0 Å². The van der Waals surface area contributed by atoms with Crippen molar-refractivity contribution < 1.29 is 4.79 Å². The summed E-state index contributed by atoms with van der Waals surface area (Å²) >= 11 is 4.56. The molecule has 0 aliphatic carbocycles. The van der Waals surface area contributed by atoms with Crippen molar-refractivity contribution in [3.63, 3.8) is 0 Å². The molecule has 2 aliphatic rings. The molecule has 0 aromatic rings. The van der Waals surface area contributed by atoms with Crippen molar-refractivity contribution in [2.24, 2.45) is 11.8 Å². The summed E-state index contributed by atoms with van der Waals surface area (Å²) in [6.45, 7) is 16.5. The molecule has 2 aliphatic heterocycles. The van der Waals surface area contributed by atoms with Gasteiger partial charge < -0.3 is 14.7 Å². The lowest BCUT2D eigenvalue weighted by Gasteiger charge is -2.37. The van der Waals surface area contributed by atoms with Gasteiger partial charge in [0, 0.05) is 38.6 Å². The molecule has 1 amide bonds. The van der Waals surface area contributed by atoms with Crippen molar-refractivity contribution in [2.45, 2.75) is 77.5 Å². The van der Waals surface area contributed by atoms with Gasteiger partial charge in [-0.05, 0) is 75.7 Å². The lowest BCUT2D eigenvalue weighted by atomic mass is 9.90. The molecule has 0 bridgehead atoms. The zero-order chi connectivity index (χ0) is 19.8. The Morgan fingerprint density at radius 2 is 1.63 bits per heavy atom. The van der Waals surface area contributed by atoms with E-state index in [-0.39, 0.29) is 0 Å². The summed E-state index contributed by atoms with van der Waals surface area (Å²) in [6, 6.07) is 0.644. The molecule has 0 aromatic carbocycles. The Kier molecular flexibility index (Phi) is 9.95. The summed E-state index contributed by atoms with van der Waals surface area (Å²) in [5.74, 6) is 1.73. The highest BCUT2D eigenvalue weighted by Gasteiger charge is 2.25. The Hall–Kier alpha value is -0.260. The van der Waals surface area contributed by atoms with Crippen LogP contribution in [0.2, 0.25) is 0 Å². The maximum atomic E-state index is 12.6. The number of hydrogen-bond acceptors (Lipinski definition) is 4. The van der Waals surface area contributed by atoms with Gasteiger partial charge >= 0.3 is 0 Å². The number of thiol groups is 1. The van der Waals surface area contributed by atoms with Crippen molar-refractivity contribution >= 4 is 18.5 Å². The third kappa shape index (κ3) is 7.94. The van der Waals surface area contributed by atoms with Crippen LogP contribution in [0.1, 0.15) is 66.2 Å². The number of rotatable bonds is 9. The van der Waals surface area contributed by atoms with Crippen LogP contribution in [0.3, 0.4) is 0 Å². The highest BCUT2D eigenvalue weighted by molar-refractivity contribution is 7.80. The van der Waals surface area contributed by atoms with E-state index in [2.05, 4.69) is 55.0 Å². The van der Waals surface area contributed by atoms with Gasteiger partial charge in [0.05, 0.1) is 0 Å². The number of carbonyl (C=O) groups is 1. The van der Waals surface area contributed by atoms with Gasteiger partial charge in [0.15, 0.2) is 0 Å². The maximum absolute atomic E-state index is 12.6. The molecule has 4 nitrogen and oxygen atoms in total. The Morgan fingerprint density at radius 3 is 2.19 bits per heavy atom. The third-order valence-corrected chi connectivity index (χ3v) is 6.93. The largest absolute Gasteiger partial charge is 0.340 e. The molecule has 0 aromatic heterocycles. The molecule has 2 fully saturated rings. The molecule has 0 spiro atoms. The van der Waals surface area contributed by atoms with E-state index in [0.29, 0.717) is 23.1 Å². The SMILES string of the molecule is CCN1CCN(C(=O)CC(C)CCC(C)N2CCC(CC(C)S)CC2)CC1. The zero-order valence-electron chi connectivity index (χ0n) is 18.2. The van der Waals surface area contributed by atoms with Crippen molar-refractivity contribution in [2.75, 3.05) is 45.8 Å². The molecule has 158 valence electrons. The summed E-state index contributed by atoms with van der Waals surface area (Å²) in [4.78, 5) is 19.7. The highest BCUT2D eigenvalue weighted by atomic mass is 32.1. The highest BCUT2D eigenvalue weighted by Crippen LogP contribution is 2.26. The number of likely N-dealkylation sites (N-methyl/N-ethyl adjacent to an activating group) is 1. The average molecular weight is 398 g/mol. The summed E-state index contributed by atoms with van der Waals surface area (Å²) in [5, 5.41) is 0.530. The second-order valence-corrected chi connectivity index (χ2v) is 10.00. The molecule has 2 saturated heterocycles. The van der Waals surface area contributed by atoms with Crippen molar-refractivity contribution in [1.82, 2.24) is 14.7 Å². The van der Waals surface area contributed by atoms with Crippen LogP contribution in [0, 0.1) is 11.8 Å². The predicted octanol–water partition coefficient (Wildman–Crippen LogP) is 3.77. The van der Waals surface area contributed by atoms with Gasteiger partial charge in [0.25, 0.3) is 0 Å². The van der Waals surface area contributed by atoms with Gasteiger partial charge in [-0.3, -0.25) is 4.79 Å². The van der Waals surface area contributed by atoms with E-state index in [1.165, 1.54) is 38.8 Å². The lowest BCUT2D eigenvalue weighted by Crippen LogP contribution is -2.48. The second-order valence-electron chi connectivity index (χ2n) is 9.11. The van der Waals surface area contributed by atoms with E-state index in [0.717, 1.165) is 51.5 Å². The Bertz CT molecular complexity index is 429. The van der Waals surface area contributed by atoms with Crippen LogP contribution >= 0.6 is 12.6 Å². The van der Waals surface area contributed by atoms with Crippen LogP contribution in [0.5, 0.6) is 0 Å². The van der Waals surface area contributed by atoms with Gasteiger partial charge in [-0.2, -0.15) is 12.6 Å². The van der Waals surface area contributed by atoms with E-state index >= 15 is 0 Å². The minimum atomic E-state index is 0.368. The van der Waals surface area contributed by atoms with Gasteiger partial charge in [-0.15, -0.1) is 0 Å². The van der Waals surface area contributed by atoms with Crippen LogP contribution in [-0.4, -0.2) is 77.7 Å². The minimum Gasteiger partial charge on any atom is -0.340 e. The number of amides is 1. The Labute approximate surface area is 173 Å². The van der Waals surface area contributed by atoms with Crippen LogP contribution in [0.15, 0.2) is 0 Å². The monoisotopic (exact) mass is 397 g/mol. The number of hydrogen-bond donors (Lipinski definition) is 1. The predicted molar refractivity (Wildman–Crippen MR) is 119 cm³/mol. The van der Waals surface area contributed by atoms with E-state index in [1.807, 2.05) is 0 Å². The number of carbonyl (C=O) groups excluding carboxylic acids is 1. The molecule has 27 heavy (non-hydrogen) atoms. The summed E-state index contributed by atoms with van der Waals surface area (Å²) in [7, 11) is 0. The molecule has 0 saturated carbocycles. The molecule has 0 radical (unpaired) electrons. The molecule has 2 heterocycles. The first-order valence-corrected chi connectivity index (χ1v) is 11.8. The van der Waals surface area contributed by atoms with E-state index < -0.39 is 0 Å². The van der Waals surface area contributed by atoms with Gasteiger partial charge in [-0.1, -0.05) is 20.8 Å². The molecule has 2 rings (SSSR count). The quantitative estimate of drug-likeness (QED) is 0.600. The Balaban J connectivity index is 1.62. The first-order chi connectivity index (χ1) is 12.9. The maximum Gasteiger partial charge on any atom is 0.222 e. The Morgan fingerprint density at radius 1 is 1.00 bits per heavy atom. The summed E-state index contributed by atoms with van der Waals surface area (Å²) < 4.78 is 0. The molecule has 0 N–H and O–H groups in total. The van der Waals surface area contributed by atoms with Gasteiger partial charge in [0.2, 0.25) is 5.91 Å². The zero-order valence-corrected chi connectivity index (χ0v) is 19.1. The van der Waals surface area contributed by atoms with Crippen molar-refractivity contribution in [1.29, 1.82) is 0 Å². The van der Waals surface area contributed by atoms with E-state index in [1.54, 1.807) is 0 Å². The standard InChI is InChI=1S/C22H43N3OS/c1-5-23-12-14-25(15-13-23)22(26)16-18(2)6-7-19(3)24-10-8-21(9-11-24)17-20(4)27/h18-21,27H,5-17H2,1-4H3. The van der Waals surface area contributed by atoms with Gasteiger partial charge in [-0.25, -0.2) is 0 Å². The number of likely N-dealkylation sites (tertiary alicyclic amines) is 1. The number of nitrogens with zero attached hydrogens (tertiary/aromatic N) is 3. The summed E-state index contributed by atoms with van der Waals surface area (Å²) in [6.07, 6.45) is 7.01.